The minimum Gasteiger partial charge on any atom is -0.314 e. The second-order valence-corrected chi connectivity index (χ2v) is 6.04. The van der Waals surface area contributed by atoms with Crippen LogP contribution in [0.1, 0.15) is 43.6 Å². The Bertz CT molecular complexity index is 499. The van der Waals surface area contributed by atoms with Gasteiger partial charge in [0, 0.05) is 25.0 Å². The van der Waals surface area contributed by atoms with Gasteiger partial charge in [-0.05, 0) is 56.2 Å². The van der Waals surface area contributed by atoms with Crippen molar-refractivity contribution in [3.63, 3.8) is 0 Å². The Morgan fingerprint density at radius 2 is 1.86 bits per heavy atom. The van der Waals surface area contributed by atoms with Crippen molar-refractivity contribution in [3.8, 4) is 0 Å². The number of rotatable bonds is 6. The van der Waals surface area contributed by atoms with E-state index in [1.807, 2.05) is 23.1 Å². The lowest BCUT2D eigenvalue weighted by atomic mass is 9.82. The van der Waals surface area contributed by atoms with Crippen molar-refractivity contribution in [2.24, 2.45) is 0 Å². The number of aryl methyl sites for hydroxylation is 1. The maximum atomic E-state index is 4.23. The van der Waals surface area contributed by atoms with Gasteiger partial charge in [-0.3, -0.25) is 4.68 Å². The van der Waals surface area contributed by atoms with Gasteiger partial charge in [0.1, 0.15) is 0 Å². The molecule has 0 radical (unpaired) electrons. The normalized spacial score (nSPS) is 22.3. The van der Waals surface area contributed by atoms with E-state index in [0.29, 0.717) is 6.04 Å². The monoisotopic (exact) mass is 283 g/mol. The molecule has 0 bridgehead atoms. The van der Waals surface area contributed by atoms with Crippen LogP contribution in [0.2, 0.25) is 0 Å². The van der Waals surface area contributed by atoms with E-state index < -0.39 is 0 Å². The van der Waals surface area contributed by atoms with Gasteiger partial charge in [0.25, 0.3) is 0 Å². The summed E-state index contributed by atoms with van der Waals surface area (Å²) in [4.78, 5) is 0. The number of hydrogen-bond donors (Lipinski definition) is 1. The van der Waals surface area contributed by atoms with Crippen molar-refractivity contribution in [2.45, 2.75) is 50.6 Å². The van der Waals surface area contributed by atoms with Gasteiger partial charge < -0.3 is 5.32 Å². The summed E-state index contributed by atoms with van der Waals surface area (Å²) >= 11 is 0. The minimum absolute atomic E-state index is 0.711. The zero-order valence-corrected chi connectivity index (χ0v) is 12.6. The molecule has 2 aromatic rings. The first-order valence-corrected chi connectivity index (χ1v) is 8.17. The van der Waals surface area contributed by atoms with Gasteiger partial charge in [0.05, 0.1) is 0 Å². The Hall–Kier alpha value is -1.61. The molecule has 0 spiro atoms. The van der Waals surface area contributed by atoms with Crippen LogP contribution in [-0.4, -0.2) is 22.4 Å². The molecule has 0 atom stereocenters. The van der Waals surface area contributed by atoms with E-state index in [9.17, 15) is 0 Å². The number of nitrogens with zero attached hydrogens (tertiary/aromatic N) is 2. The van der Waals surface area contributed by atoms with Crippen molar-refractivity contribution in [1.29, 1.82) is 0 Å². The summed E-state index contributed by atoms with van der Waals surface area (Å²) in [5, 5.41) is 7.95. The lowest BCUT2D eigenvalue weighted by Crippen LogP contribution is -2.33. The fourth-order valence-electron chi connectivity index (χ4n) is 3.34. The molecule has 1 aromatic carbocycles. The lowest BCUT2D eigenvalue weighted by Gasteiger charge is -2.29. The topological polar surface area (TPSA) is 29.9 Å². The van der Waals surface area contributed by atoms with E-state index in [0.717, 1.165) is 25.4 Å². The quantitative estimate of drug-likeness (QED) is 0.821. The second kappa shape index (κ2) is 7.41. The Morgan fingerprint density at radius 3 is 2.57 bits per heavy atom. The van der Waals surface area contributed by atoms with Gasteiger partial charge in [-0.25, -0.2) is 0 Å². The number of benzene rings is 1. The van der Waals surface area contributed by atoms with Crippen LogP contribution in [0.4, 0.5) is 0 Å². The van der Waals surface area contributed by atoms with Crippen LogP contribution in [0.5, 0.6) is 0 Å². The zero-order valence-electron chi connectivity index (χ0n) is 12.6. The SMILES string of the molecule is c1ccc(C2CCC(NCCCn3cccn3)CC2)cc1. The van der Waals surface area contributed by atoms with Gasteiger partial charge in [-0.2, -0.15) is 5.10 Å². The molecule has 1 aliphatic rings. The number of aromatic nitrogens is 2. The molecule has 21 heavy (non-hydrogen) atoms. The average Bonchev–Trinajstić information content (AvgIpc) is 3.06. The predicted molar refractivity (Wildman–Crippen MR) is 86.3 cm³/mol. The standard InChI is InChI=1S/C18H25N3/c1-2-6-16(7-3-1)17-8-10-18(11-9-17)19-12-4-14-21-15-5-13-20-21/h1-3,5-7,13,15,17-19H,4,8-12,14H2. The minimum atomic E-state index is 0.711. The predicted octanol–water partition coefficient (Wildman–Crippen LogP) is 3.59. The van der Waals surface area contributed by atoms with E-state index in [1.54, 1.807) is 0 Å². The molecule has 3 nitrogen and oxygen atoms in total. The molecule has 1 saturated carbocycles. The maximum absolute atomic E-state index is 4.23. The number of hydrogen-bond acceptors (Lipinski definition) is 2. The molecular weight excluding hydrogens is 258 g/mol. The highest BCUT2D eigenvalue weighted by molar-refractivity contribution is 5.20. The van der Waals surface area contributed by atoms with E-state index in [1.165, 1.54) is 31.2 Å². The molecule has 1 fully saturated rings. The fraction of sp³-hybridized carbons (Fsp3) is 0.500. The van der Waals surface area contributed by atoms with Crippen LogP contribution in [0.25, 0.3) is 0 Å². The summed E-state index contributed by atoms with van der Waals surface area (Å²) in [6.45, 7) is 2.11. The Kier molecular flexibility index (Phi) is 5.06. The van der Waals surface area contributed by atoms with E-state index in [4.69, 9.17) is 0 Å². The maximum Gasteiger partial charge on any atom is 0.0489 e. The highest BCUT2D eigenvalue weighted by atomic mass is 15.3. The molecule has 0 amide bonds. The van der Waals surface area contributed by atoms with Gasteiger partial charge in [-0.15, -0.1) is 0 Å². The molecule has 3 rings (SSSR count). The second-order valence-electron chi connectivity index (χ2n) is 6.04. The summed E-state index contributed by atoms with van der Waals surface area (Å²) in [6, 6.07) is 13.7. The molecule has 0 aliphatic heterocycles. The van der Waals surface area contributed by atoms with Crippen molar-refractivity contribution >= 4 is 0 Å². The van der Waals surface area contributed by atoms with Gasteiger partial charge in [-0.1, -0.05) is 30.3 Å². The molecular formula is C18H25N3. The molecule has 1 N–H and O–H groups in total. The van der Waals surface area contributed by atoms with Crippen molar-refractivity contribution < 1.29 is 0 Å². The summed E-state index contributed by atoms with van der Waals surface area (Å²) in [6.07, 6.45) is 10.3. The third-order valence-corrected chi connectivity index (χ3v) is 4.55. The van der Waals surface area contributed by atoms with Gasteiger partial charge in [0.15, 0.2) is 0 Å². The first kappa shape index (κ1) is 14.3. The van der Waals surface area contributed by atoms with Crippen LogP contribution in [0.3, 0.4) is 0 Å². The molecule has 0 saturated heterocycles. The smallest absolute Gasteiger partial charge is 0.0489 e. The van der Waals surface area contributed by atoms with Gasteiger partial charge in [0.2, 0.25) is 0 Å². The van der Waals surface area contributed by atoms with Crippen LogP contribution in [0, 0.1) is 0 Å². The first-order chi connectivity index (χ1) is 10.4. The fourth-order valence-corrected chi connectivity index (χ4v) is 3.34. The number of nitrogens with one attached hydrogen (secondary N) is 1. The average molecular weight is 283 g/mol. The van der Waals surface area contributed by atoms with Gasteiger partial charge >= 0.3 is 0 Å². The highest BCUT2D eigenvalue weighted by Gasteiger charge is 2.21. The van der Waals surface area contributed by atoms with Crippen molar-refractivity contribution in [2.75, 3.05) is 6.54 Å². The van der Waals surface area contributed by atoms with Crippen LogP contribution < -0.4 is 5.32 Å². The zero-order chi connectivity index (χ0) is 14.3. The summed E-state index contributed by atoms with van der Waals surface area (Å²) in [5.74, 6) is 0.772. The highest BCUT2D eigenvalue weighted by Crippen LogP contribution is 2.32. The molecule has 3 heteroatoms. The molecule has 0 unspecified atom stereocenters. The third-order valence-electron chi connectivity index (χ3n) is 4.55. The summed E-state index contributed by atoms with van der Waals surface area (Å²) in [7, 11) is 0. The van der Waals surface area contributed by atoms with E-state index >= 15 is 0 Å². The van der Waals surface area contributed by atoms with E-state index in [2.05, 4.69) is 40.7 Å². The largest absolute Gasteiger partial charge is 0.314 e. The van der Waals surface area contributed by atoms with Crippen LogP contribution >= 0.6 is 0 Å². The summed E-state index contributed by atoms with van der Waals surface area (Å²) < 4.78 is 2.01. The lowest BCUT2D eigenvalue weighted by molar-refractivity contribution is 0.339. The van der Waals surface area contributed by atoms with Crippen molar-refractivity contribution in [1.82, 2.24) is 15.1 Å². The Balaban J connectivity index is 1.34. The Labute approximate surface area is 127 Å². The third kappa shape index (κ3) is 4.18. The van der Waals surface area contributed by atoms with Crippen LogP contribution in [-0.2, 0) is 6.54 Å². The van der Waals surface area contributed by atoms with Crippen molar-refractivity contribution in [3.05, 3.63) is 54.4 Å². The van der Waals surface area contributed by atoms with Crippen LogP contribution in [0.15, 0.2) is 48.8 Å². The first-order valence-electron chi connectivity index (χ1n) is 8.17. The summed E-state index contributed by atoms with van der Waals surface area (Å²) in [5.41, 5.74) is 1.52. The molecule has 1 aromatic heterocycles. The molecule has 1 heterocycles. The Morgan fingerprint density at radius 1 is 1.05 bits per heavy atom. The molecule has 112 valence electrons. The molecule has 1 aliphatic carbocycles. The van der Waals surface area contributed by atoms with E-state index in [-0.39, 0.29) is 0 Å².